The first kappa shape index (κ1) is 11.7. The summed E-state index contributed by atoms with van der Waals surface area (Å²) in [5.41, 5.74) is 1.29. The molecular formula is C9H11NO4S. The second kappa shape index (κ2) is 4.41. The molecule has 0 aliphatic carbocycles. The average molecular weight is 229 g/mol. The van der Waals surface area contributed by atoms with Crippen LogP contribution in [0.3, 0.4) is 0 Å². The lowest BCUT2D eigenvalue weighted by molar-refractivity contribution is 0.0408. The third-order valence-electron chi connectivity index (χ3n) is 1.57. The van der Waals surface area contributed by atoms with E-state index in [-0.39, 0.29) is 5.56 Å². The van der Waals surface area contributed by atoms with Crippen molar-refractivity contribution in [2.45, 2.75) is 6.92 Å². The highest BCUT2D eigenvalue weighted by atomic mass is 32.2. The molecule has 0 saturated carbocycles. The molecule has 0 radical (unpaired) electrons. The lowest BCUT2D eigenvalue weighted by Gasteiger charge is -2.03. The fraction of sp³-hybridized carbons (Fsp3) is 0.222. The third kappa shape index (κ3) is 4.09. The zero-order valence-corrected chi connectivity index (χ0v) is 9.17. The molecule has 0 amide bonds. The molecule has 1 rings (SSSR count). The second-order valence-electron chi connectivity index (χ2n) is 3.11. The van der Waals surface area contributed by atoms with Crippen molar-refractivity contribution in [3.05, 3.63) is 35.4 Å². The molecule has 0 atom stereocenters. The van der Waals surface area contributed by atoms with Crippen LogP contribution < -0.4 is 4.89 Å². The molecule has 0 spiro atoms. The van der Waals surface area contributed by atoms with E-state index >= 15 is 0 Å². The largest absolute Gasteiger partial charge is 0.357 e. The van der Waals surface area contributed by atoms with Crippen LogP contribution in [0.5, 0.6) is 0 Å². The summed E-state index contributed by atoms with van der Waals surface area (Å²) < 4.78 is 21.3. The number of sulfonamides is 1. The zero-order valence-electron chi connectivity index (χ0n) is 8.35. The summed E-state index contributed by atoms with van der Waals surface area (Å²) in [6, 6.07) is 6.58. The van der Waals surface area contributed by atoms with Gasteiger partial charge in [0.1, 0.15) is 0 Å². The first-order valence-corrected chi connectivity index (χ1v) is 6.02. The van der Waals surface area contributed by atoms with Gasteiger partial charge in [-0.1, -0.05) is 17.7 Å². The highest BCUT2D eigenvalue weighted by molar-refractivity contribution is 7.88. The van der Waals surface area contributed by atoms with Crippen LogP contribution >= 0.6 is 0 Å². The summed E-state index contributed by atoms with van der Waals surface area (Å²) in [5, 5.41) is 0. The van der Waals surface area contributed by atoms with Gasteiger partial charge in [0.05, 0.1) is 11.8 Å². The number of hydrogen-bond donors (Lipinski definition) is 1. The SMILES string of the molecule is Cc1ccc(C(=O)ONS(C)(=O)=O)cc1. The predicted octanol–water partition coefficient (Wildman–Crippen LogP) is 0.616. The Balaban J connectivity index is 2.66. The van der Waals surface area contributed by atoms with E-state index < -0.39 is 16.0 Å². The van der Waals surface area contributed by atoms with E-state index in [0.717, 1.165) is 11.8 Å². The van der Waals surface area contributed by atoms with Gasteiger partial charge in [-0.05, 0) is 23.9 Å². The van der Waals surface area contributed by atoms with Crippen LogP contribution in [0.1, 0.15) is 15.9 Å². The van der Waals surface area contributed by atoms with Crippen LogP contribution in [-0.2, 0) is 14.9 Å². The minimum atomic E-state index is -3.53. The maximum Gasteiger partial charge on any atom is 0.357 e. The fourth-order valence-corrected chi connectivity index (χ4v) is 1.09. The van der Waals surface area contributed by atoms with Crippen LogP contribution in [0, 0.1) is 6.92 Å². The minimum Gasteiger partial charge on any atom is -0.351 e. The van der Waals surface area contributed by atoms with Gasteiger partial charge in [0.15, 0.2) is 0 Å². The smallest absolute Gasteiger partial charge is 0.351 e. The van der Waals surface area contributed by atoms with Gasteiger partial charge in [0.2, 0.25) is 10.0 Å². The molecule has 0 aromatic heterocycles. The molecule has 5 nitrogen and oxygen atoms in total. The molecule has 0 aliphatic heterocycles. The molecule has 82 valence electrons. The van der Waals surface area contributed by atoms with Crippen molar-refractivity contribution >= 4 is 16.0 Å². The van der Waals surface area contributed by atoms with Crippen LogP contribution in [0.2, 0.25) is 0 Å². The average Bonchev–Trinajstić information content (AvgIpc) is 2.14. The molecule has 1 aromatic rings. The van der Waals surface area contributed by atoms with E-state index in [0.29, 0.717) is 0 Å². The Bertz CT molecular complexity index is 450. The van der Waals surface area contributed by atoms with Gasteiger partial charge in [-0.3, -0.25) is 0 Å². The maximum atomic E-state index is 11.3. The molecule has 0 heterocycles. The van der Waals surface area contributed by atoms with Gasteiger partial charge < -0.3 is 4.84 Å². The molecule has 0 fully saturated rings. The number of nitrogens with one attached hydrogen (secondary N) is 1. The molecular weight excluding hydrogens is 218 g/mol. The number of rotatable bonds is 3. The first-order valence-electron chi connectivity index (χ1n) is 4.13. The Hall–Kier alpha value is -1.40. The molecule has 0 bridgehead atoms. The van der Waals surface area contributed by atoms with Crippen molar-refractivity contribution in [2.75, 3.05) is 6.26 Å². The normalized spacial score (nSPS) is 11.1. The van der Waals surface area contributed by atoms with Crippen LogP contribution in [0.4, 0.5) is 0 Å². The Labute approximate surface area is 88.1 Å². The summed E-state index contributed by atoms with van der Waals surface area (Å²) in [6.07, 6.45) is 0.898. The topological polar surface area (TPSA) is 72.5 Å². The van der Waals surface area contributed by atoms with Crippen LogP contribution in [0.15, 0.2) is 24.3 Å². The molecule has 0 aliphatic rings. The molecule has 6 heteroatoms. The molecule has 0 saturated heterocycles. The van der Waals surface area contributed by atoms with Gasteiger partial charge in [0.25, 0.3) is 0 Å². The summed E-state index contributed by atoms with van der Waals surface area (Å²) in [7, 11) is -3.53. The summed E-state index contributed by atoms with van der Waals surface area (Å²) >= 11 is 0. The summed E-state index contributed by atoms with van der Waals surface area (Å²) in [6.45, 7) is 1.88. The number of hydrogen-bond acceptors (Lipinski definition) is 4. The Morgan fingerprint density at radius 1 is 1.27 bits per heavy atom. The van der Waals surface area contributed by atoms with Gasteiger partial charge in [0, 0.05) is 0 Å². The third-order valence-corrected chi connectivity index (χ3v) is 1.96. The maximum absolute atomic E-state index is 11.3. The zero-order chi connectivity index (χ0) is 11.5. The molecule has 15 heavy (non-hydrogen) atoms. The van der Waals surface area contributed by atoms with E-state index in [4.69, 9.17) is 0 Å². The van der Waals surface area contributed by atoms with Crippen molar-refractivity contribution in [1.29, 1.82) is 0 Å². The van der Waals surface area contributed by atoms with Gasteiger partial charge in [-0.2, -0.15) is 0 Å². The van der Waals surface area contributed by atoms with E-state index in [2.05, 4.69) is 4.84 Å². The van der Waals surface area contributed by atoms with Gasteiger partial charge >= 0.3 is 5.97 Å². The highest BCUT2D eigenvalue weighted by Gasteiger charge is 2.09. The monoisotopic (exact) mass is 229 g/mol. The second-order valence-corrected chi connectivity index (χ2v) is 4.82. The first-order chi connectivity index (χ1) is 6.88. The van der Waals surface area contributed by atoms with Crippen LogP contribution in [-0.4, -0.2) is 20.6 Å². The van der Waals surface area contributed by atoms with Gasteiger partial charge in [-0.25, -0.2) is 13.2 Å². The van der Waals surface area contributed by atoms with E-state index in [1.165, 1.54) is 0 Å². The van der Waals surface area contributed by atoms with Crippen molar-refractivity contribution in [3.63, 3.8) is 0 Å². The number of benzene rings is 1. The van der Waals surface area contributed by atoms with Gasteiger partial charge in [-0.15, -0.1) is 0 Å². The van der Waals surface area contributed by atoms with Crippen molar-refractivity contribution in [1.82, 2.24) is 4.89 Å². The predicted molar refractivity (Wildman–Crippen MR) is 54.6 cm³/mol. The standard InChI is InChI=1S/C9H11NO4S/c1-7-3-5-8(6-4-7)9(11)14-10-15(2,12)13/h3-6,10H,1-2H3. The Morgan fingerprint density at radius 3 is 2.27 bits per heavy atom. The quantitative estimate of drug-likeness (QED) is 0.771. The van der Waals surface area contributed by atoms with Crippen molar-refractivity contribution in [3.8, 4) is 0 Å². The molecule has 1 N–H and O–H groups in total. The van der Waals surface area contributed by atoms with E-state index in [1.54, 1.807) is 29.2 Å². The van der Waals surface area contributed by atoms with E-state index in [9.17, 15) is 13.2 Å². The number of carbonyl (C=O) groups is 1. The van der Waals surface area contributed by atoms with Crippen LogP contribution in [0.25, 0.3) is 0 Å². The molecule has 0 unspecified atom stereocenters. The Kier molecular flexibility index (Phi) is 3.43. The highest BCUT2D eigenvalue weighted by Crippen LogP contribution is 2.04. The number of aryl methyl sites for hydroxylation is 1. The minimum absolute atomic E-state index is 0.289. The fourth-order valence-electron chi connectivity index (χ4n) is 0.862. The van der Waals surface area contributed by atoms with Crippen molar-refractivity contribution in [2.24, 2.45) is 0 Å². The van der Waals surface area contributed by atoms with Crippen molar-refractivity contribution < 1.29 is 18.0 Å². The number of carbonyl (C=O) groups excluding carboxylic acids is 1. The summed E-state index contributed by atoms with van der Waals surface area (Å²) in [5.74, 6) is -0.736. The lowest BCUT2D eigenvalue weighted by atomic mass is 10.2. The Morgan fingerprint density at radius 2 is 1.80 bits per heavy atom. The molecule has 1 aromatic carbocycles. The van der Waals surface area contributed by atoms with E-state index in [1.807, 2.05) is 6.92 Å². The lowest BCUT2D eigenvalue weighted by Crippen LogP contribution is -2.25. The summed E-state index contributed by atoms with van der Waals surface area (Å²) in [4.78, 5) is 17.3.